The summed E-state index contributed by atoms with van der Waals surface area (Å²) in [5, 5.41) is 9.21. The van der Waals surface area contributed by atoms with Crippen LogP contribution < -0.4 is 4.90 Å². The van der Waals surface area contributed by atoms with E-state index in [1.54, 1.807) is 24.3 Å². The van der Waals surface area contributed by atoms with Gasteiger partial charge in [0.1, 0.15) is 11.0 Å². The number of nitriles is 1. The van der Waals surface area contributed by atoms with Crippen molar-refractivity contribution in [2.24, 2.45) is 0 Å². The van der Waals surface area contributed by atoms with Gasteiger partial charge in [-0.05, 0) is 23.8 Å². The van der Waals surface area contributed by atoms with Crippen molar-refractivity contribution in [2.75, 3.05) is 25.3 Å². The SMILES string of the molecule is CN(C)c1ccc(/C=C(/C#N)S(C)(=O)=O)c(Cl)c1. The van der Waals surface area contributed by atoms with Gasteiger partial charge in [0.25, 0.3) is 0 Å². The van der Waals surface area contributed by atoms with Crippen LogP contribution in [0.4, 0.5) is 5.69 Å². The van der Waals surface area contributed by atoms with Crippen LogP contribution in [-0.2, 0) is 9.84 Å². The van der Waals surface area contributed by atoms with E-state index in [-0.39, 0.29) is 4.91 Å². The van der Waals surface area contributed by atoms with Gasteiger partial charge in [-0.2, -0.15) is 5.26 Å². The molecule has 0 aliphatic rings. The molecule has 4 nitrogen and oxygen atoms in total. The highest BCUT2D eigenvalue weighted by Crippen LogP contribution is 2.25. The van der Waals surface area contributed by atoms with E-state index >= 15 is 0 Å². The van der Waals surface area contributed by atoms with E-state index < -0.39 is 9.84 Å². The molecule has 1 aromatic carbocycles. The standard InChI is InChI=1S/C12H13ClN2O2S/c1-15(2)10-5-4-9(12(13)7-10)6-11(8-14)18(3,16)17/h4-7H,1-3H3/b11-6-. The number of anilines is 1. The maximum atomic E-state index is 11.3. The molecule has 96 valence electrons. The molecular weight excluding hydrogens is 272 g/mol. The van der Waals surface area contributed by atoms with Crippen molar-refractivity contribution in [1.82, 2.24) is 0 Å². The van der Waals surface area contributed by atoms with Gasteiger partial charge in [-0.25, -0.2) is 8.42 Å². The fourth-order valence-corrected chi connectivity index (χ4v) is 2.01. The summed E-state index contributed by atoms with van der Waals surface area (Å²) in [5.41, 5.74) is 1.40. The van der Waals surface area contributed by atoms with Crippen LogP contribution in [-0.4, -0.2) is 28.8 Å². The van der Waals surface area contributed by atoms with Crippen LogP contribution in [0.25, 0.3) is 6.08 Å². The topological polar surface area (TPSA) is 61.2 Å². The van der Waals surface area contributed by atoms with Crippen molar-refractivity contribution >= 4 is 33.2 Å². The Morgan fingerprint density at radius 3 is 2.44 bits per heavy atom. The van der Waals surface area contributed by atoms with E-state index in [0.29, 0.717) is 10.6 Å². The molecule has 0 atom stereocenters. The molecule has 0 heterocycles. The molecule has 6 heteroatoms. The molecule has 0 saturated carbocycles. The first kappa shape index (κ1) is 14.6. The second kappa shape index (κ2) is 5.42. The molecular formula is C12H13ClN2O2S. The molecule has 0 aliphatic heterocycles. The van der Waals surface area contributed by atoms with Crippen LogP contribution in [0.1, 0.15) is 5.56 Å². The van der Waals surface area contributed by atoms with E-state index in [2.05, 4.69) is 0 Å². The lowest BCUT2D eigenvalue weighted by Gasteiger charge is -2.13. The molecule has 0 aliphatic carbocycles. The fourth-order valence-electron chi connectivity index (χ4n) is 1.27. The monoisotopic (exact) mass is 284 g/mol. The van der Waals surface area contributed by atoms with Gasteiger partial charge in [0.15, 0.2) is 9.84 Å². The number of allylic oxidation sites excluding steroid dienone is 1. The quantitative estimate of drug-likeness (QED) is 0.799. The molecule has 0 amide bonds. The minimum absolute atomic E-state index is 0.304. The smallest absolute Gasteiger partial charge is 0.185 e. The molecule has 0 aromatic heterocycles. The van der Waals surface area contributed by atoms with Crippen LogP contribution in [0.5, 0.6) is 0 Å². The van der Waals surface area contributed by atoms with Crippen molar-refractivity contribution in [3.05, 3.63) is 33.7 Å². The number of hydrogen-bond acceptors (Lipinski definition) is 4. The highest BCUT2D eigenvalue weighted by Gasteiger charge is 2.11. The average molecular weight is 285 g/mol. The Morgan fingerprint density at radius 1 is 1.44 bits per heavy atom. The third-order valence-electron chi connectivity index (χ3n) is 2.30. The third kappa shape index (κ3) is 3.49. The van der Waals surface area contributed by atoms with Crippen molar-refractivity contribution < 1.29 is 8.42 Å². The summed E-state index contributed by atoms with van der Waals surface area (Å²) in [7, 11) is 0.221. The summed E-state index contributed by atoms with van der Waals surface area (Å²) < 4.78 is 22.6. The maximum absolute atomic E-state index is 11.3. The first-order valence-electron chi connectivity index (χ1n) is 5.04. The highest BCUT2D eigenvalue weighted by molar-refractivity contribution is 7.95. The molecule has 0 saturated heterocycles. The van der Waals surface area contributed by atoms with Crippen LogP contribution in [0.15, 0.2) is 23.1 Å². The van der Waals surface area contributed by atoms with Crippen LogP contribution in [0, 0.1) is 11.3 Å². The Bertz CT molecular complexity index is 628. The summed E-state index contributed by atoms with van der Waals surface area (Å²) in [6.45, 7) is 0. The molecule has 0 bridgehead atoms. The van der Waals surface area contributed by atoms with Gasteiger partial charge in [0.05, 0.1) is 0 Å². The second-order valence-electron chi connectivity index (χ2n) is 3.99. The lowest BCUT2D eigenvalue weighted by Crippen LogP contribution is -2.08. The minimum Gasteiger partial charge on any atom is -0.378 e. The number of nitrogens with zero attached hydrogens (tertiary/aromatic N) is 2. The first-order chi connectivity index (χ1) is 8.25. The fraction of sp³-hybridized carbons (Fsp3) is 0.250. The van der Waals surface area contributed by atoms with Gasteiger partial charge < -0.3 is 4.90 Å². The number of sulfone groups is 1. The van der Waals surface area contributed by atoms with E-state index in [4.69, 9.17) is 16.9 Å². The van der Waals surface area contributed by atoms with Gasteiger partial charge in [-0.1, -0.05) is 17.7 Å². The molecule has 0 N–H and O–H groups in total. The van der Waals surface area contributed by atoms with E-state index in [1.807, 2.05) is 19.0 Å². The zero-order valence-corrected chi connectivity index (χ0v) is 11.9. The molecule has 0 radical (unpaired) electrons. The lowest BCUT2D eigenvalue weighted by molar-refractivity contribution is 0.609. The predicted molar refractivity (Wildman–Crippen MR) is 74.2 cm³/mol. The predicted octanol–water partition coefficient (Wildman–Crippen LogP) is 2.32. The Balaban J connectivity index is 3.29. The van der Waals surface area contributed by atoms with Crippen molar-refractivity contribution in [3.8, 4) is 6.07 Å². The Morgan fingerprint density at radius 2 is 2.06 bits per heavy atom. The molecule has 0 spiro atoms. The second-order valence-corrected chi connectivity index (χ2v) is 6.38. The largest absolute Gasteiger partial charge is 0.378 e. The molecule has 1 rings (SSSR count). The normalized spacial score (nSPS) is 12.1. The Labute approximate surface area is 112 Å². The van der Waals surface area contributed by atoms with Gasteiger partial charge >= 0.3 is 0 Å². The van der Waals surface area contributed by atoms with Crippen molar-refractivity contribution in [3.63, 3.8) is 0 Å². The summed E-state index contributed by atoms with van der Waals surface area (Å²) in [4.78, 5) is 1.57. The Kier molecular flexibility index (Phi) is 4.38. The Hall–Kier alpha value is -1.51. The number of halogens is 1. The zero-order valence-electron chi connectivity index (χ0n) is 10.3. The first-order valence-corrected chi connectivity index (χ1v) is 7.31. The van der Waals surface area contributed by atoms with E-state index in [9.17, 15) is 8.42 Å². The van der Waals surface area contributed by atoms with Crippen LogP contribution in [0.2, 0.25) is 5.02 Å². The van der Waals surface area contributed by atoms with Gasteiger partial charge in [-0.3, -0.25) is 0 Å². The molecule has 0 unspecified atom stereocenters. The average Bonchev–Trinajstić information content (AvgIpc) is 2.25. The summed E-state index contributed by atoms with van der Waals surface area (Å²) >= 11 is 6.05. The van der Waals surface area contributed by atoms with E-state index in [1.165, 1.54) is 6.08 Å². The maximum Gasteiger partial charge on any atom is 0.185 e. The number of benzene rings is 1. The number of hydrogen-bond donors (Lipinski definition) is 0. The summed E-state index contributed by atoms with van der Waals surface area (Å²) in [6.07, 6.45) is 2.27. The molecule has 18 heavy (non-hydrogen) atoms. The zero-order chi connectivity index (χ0) is 13.9. The van der Waals surface area contributed by atoms with Crippen molar-refractivity contribution in [1.29, 1.82) is 5.26 Å². The highest BCUT2D eigenvalue weighted by atomic mass is 35.5. The van der Waals surface area contributed by atoms with Crippen LogP contribution >= 0.6 is 11.6 Å². The lowest BCUT2D eigenvalue weighted by atomic mass is 10.2. The van der Waals surface area contributed by atoms with Crippen molar-refractivity contribution in [2.45, 2.75) is 0 Å². The van der Waals surface area contributed by atoms with Gasteiger partial charge in [0.2, 0.25) is 0 Å². The van der Waals surface area contributed by atoms with E-state index in [0.717, 1.165) is 11.9 Å². The van der Waals surface area contributed by atoms with Crippen LogP contribution in [0.3, 0.4) is 0 Å². The van der Waals surface area contributed by atoms with Gasteiger partial charge in [-0.15, -0.1) is 0 Å². The number of rotatable bonds is 3. The molecule has 1 aromatic rings. The summed E-state index contributed by atoms with van der Waals surface area (Å²) in [5.74, 6) is 0. The minimum atomic E-state index is -3.53. The molecule has 0 fully saturated rings. The summed E-state index contributed by atoms with van der Waals surface area (Å²) in [6, 6.07) is 6.85. The third-order valence-corrected chi connectivity index (χ3v) is 3.63. The van der Waals surface area contributed by atoms with Gasteiger partial charge in [0, 0.05) is 31.1 Å².